The summed E-state index contributed by atoms with van der Waals surface area (Å²) < 4.78 is 22.2. The minimum absolute atomic E-state index is 0.102. The molecule has 1 fully saturated rings. The summed E-state index contributed by atoms with van der Waals surface area (Å²) in [5.74, 6) is -1.24. The molecule has 0 aliphatic carbocycles. The van der Waals surface area contributed by atoms with Crippen molar-refractivity contribution in [2.24, 2.45) is 9.98 Å². The SMILES string of the molecule is C=CSC(=NC)C1=NCC(C(=O)OC)=C(CN2CCOCC2C(=O)O)N1.Fc1cccc(Cl)c1. The number of ether oxygens (including phenoxy) is 2. The third-order valence-corrected chi connectivity index (χ3v) is 5.73. The van der Waals surface area contributed by atoms with E-state index >= 15 is 0 Å². The predicted molar refractivity (Wildman–Crippen MR) is 131 cm³/mol. The number of hydrogen-bond donors (Lipinski definition) is 2. The third kappa shape index (κ3) is 7.94. The van der Waals surface area contributed by atoms with Crippen LogP contribution >= 0.6 is 23.4 Å². The van der Waals surface area contributed by atoms with Gasteiger partial charge in [-0.25, -0.2) is 9.18 Å². The van der Waals surface area contributed by atoms with Gasteiger partial charge in [0, 0.05) is 30.9 Å². The van der Waals surface area contributed by atoms with Crippen LogP contribution in [0.2, 0.25) is 5.02 Å². The lowest BCUT2D eigenvalue weighted by Gasteiger charge is -2.34. The van der Waals surface area contributed by atoms with Gasteiger partial charge in [0.1, 0.15) is 16.9 Å². The number of halogens is 2. The van der Waals surface area contributed by atoms with Crippen molar-refractivity contribution in [3.05, 3.63) is 58.4 Å². The number of methoxy groups -OCH3 is 1. The number of esters is 1. The molecule has 0 aromatic heterocycles. The number of aliphatic imine (C=N–C) groups is 2. The zero-order valence-corrected chi connectivity index (χ0v) is 20.4. The maximum atomic E-state index is 12.1. The van der Waals surface area contributed by atoms with Gasteiger partial charge in [-0.3, -0.25) is 19.7 Å². The van der Waals surface area contributed by atoms with Crippen LogP contribution in [0, 0.1) is 5.82 Å². The Bertz CT molecular complexity index is 984. The smallest absolute Gasteiger partial charge is 0.337 e. The van der Waals surface area contributed by atoms with Gasteiger partial charge >= 0.3 is 11.9 Å². The number of morpholine rings is 1. The Balaban J connectivity index is 0.000000430. The Morgan fingerprint density at radius 3 is 2.85 bits per heavy atom. The Morgan fingerprint density at radius 1 is 1.53 bits per heavy atom. The van der Waals surface area contributed by atoms with Crippen molar-refractivity contribution in [3.8, 4) is 0 Å². The highest BCUT2D eigenvalue weighted by atomic mass is 35.5. The summed E-state index contributed by atoms with van der Waals surface area (Å²) in [5, 5.41) is 15.2. The van der Waals surface area contributed by atoms with Gasteiger partial charge in [0.25, 0.3) is 0 Å². The summed E-state index contributed by atoms with van der Waals surface area (Å²) in [6.07, 6.45) is 0. The molecule has 1 aromatic carbocycles. The van der Waals surface area contributed by atoms with Gasteiger partial charge in [-0.2, -0.15) is 0 Å². The number of nitrogens with one attached hydrogen (secondary N) is 1. The predicted octanol–water partition coefficient (Wildman–Crippen LogP) is 2.58. The lowest BCUT2D eigenvalue weighted by Crippen LogP contribution is -2.52. The number of thioether (sulfide) groups is 1. The summed E-state index contributed by atoms with van der Waals surface area (Å²) >= 11 is 6.71. The second-order valence-electron chi connectivity index (χ2n) is 6.89. The molecule has 184 valence electrons. The topological polar surface area (TPSA) is 113 Å². The van der Waals surface area contributed by atoms with Gasteiger partial charge in [0.05, 0.1) is 32.4 Å². The van der Waals surface area contributed by atoms with Gasteiger partial charge in [0.15, 0.2) is 5.84 Å². The summed E-state index contributed by atoms with van der Waals surface area (Å²) in [4.78, 5) is 33.9. The molecule has 0 amide bonds. The van der Waals surface area contributed by atoms with Gasteiger partial charge in [-0.1, -0.05) is 36.0 Å². The monoisotopic (exact) mass is 512 g/mol. The quantitative estimate of drug-likeness (QED) is 0.340. The lowest BCUT2D eigenvalue weighted by atomic mass is 10.1. The van der Waals surface area contributed by atoms with E-state index < -0.39 is 18.0 Å². The molecule has 9 nitrogen and oxygen atoms in total. The Labute approximate surface area is 206 Å². The summed E-state index contributed by atoms with van der Waals surface area (Å²) in [5.41, 5.74) is 0.923. The molecule has 2 aliphatic heterocycles. The molecule has 0 bridgehead atoms. The van der Waals surface area contributed by atoms with E-state index in [9.17, 15) is 19.1 Å². The zero-order chi connectivity index (χ0) is 25.1. The van der Waals surface area contributed by atoms with Crippen molar-refractivity contribution in [2.45, 2.75) is 6.04 Å². The standard InChI is InChI=1S/C16H22N4O5S.C6H4ClF/c1-4-26-14(17-2)13-18-7-10(16(23)24-3)11(19-13)8-20-5-6-25-9-12(20)15(21)22;7-5-2-1-3-6(8)4-5/h4,12H,1,5-9H2,2-3H3,(H,18,19)(H,21,22);1-4H. The van der Waals surface area contributed by atoms with E-state index in [1.807, 2.05) is 0 Å². The first-order chi connectivity index (χ1) is 16.3. The molecular weight excluding hydrogens is 487 g/mol. The molecule has 34 heavy (non-hydrogen) atoms. The van der Waals surface area contributed by atoms with Crippen LogP contribution in [0.1, 0.15) is 0 Å². The second kappa shape index (κ2) is 13.9. The summed E-state index contributed by atoms with van der Waals surface area (Å²) in [6.45, 7) is 5.01. The van der Waals surface area contributed by atoms with Crippen LogP contribution in [0.4, 0.5) is 4.39 Å². The first-order valence-corrected chi connectivity index (χ1v) is 11.4. The highest BCUT2D eigenvalue weighted by molar-refractivity contribution is 8.18. The van der Waals surface area contributed by atoms with Crippen LogP contribution in [0.5, 0.6) is 0 Å². The lowest BCUT2D eigenvalue weighted by molar-refractivity contribution is -0.149. The zero-order valence-electron chi connectivity index (χ0n) is 18.8. The molecular formula is C22H26ClFN4O5S. The number of carboxylic acid groups (broad SMARTS) is 1. The molecule has 2 N–H and O–H groups in total. The van der Waals surface area contributed by atoms with Gasteiger partial charge in [-0.05, 0) is 23.6 Å². The number of benzene rings is 1. The number of rotatable bonds is 6. The van der Waals surface area contributed by atoms with Gasteiger partial charge in [-0.15, -0.1) is 0 Å². The normalized spacial score (nSPS) is 18.8. The van der Waals surface area contributed by atoms with E-state index in [4.69, 9.17) is 21.1 Å². The summed E-state index contributed by atoms with van der Waals surface area (Å²) in [6, 6.07) is 5.04. The molecule has 0 radical (unpaired) electrons. The average molecular weight is 513 g/mol. The average Bonchev–Trinajstić information content (AvgIpc) is 2.82. The number of aliphatic carboxylic acids is 1. The number of carbonyl (C=O) groups is 2. The highest BCUT2D eigenvalue weighted by Gasteiger charge is 2.32. The van der Waals surface area contributed by atoms with Crippen LogP contribution < -0.4 is 5.32 Å². The maximum Gasteiger partial charge on any atom is 0.337 e. The summed E-state index contributed by atoms with van der Waals surface area (Å²) in [7, 11) is 2.94. The molecule has 1 unspecified atom stereocenters. The van der Waals surface area contributed by atoms with Crippen molar-refractivity contribution >= 4 is 46.2 Å². The van der Waals surface area contributed by atoms with E-state index in [2.05, 4.69) is 21.9 Å². The number of carboxylic acids is 1. The molecule has 2 heterocycles. The van der Waals surface area contributed by atoms with Crippen molar-refractivity contribution < 1.29 is 28.6 Å². The number of hydrogen-bond acceptors (Lipinski definition) is 9. The largest absolute Gasteiger partial charge is 0.480 e. The highest BCUT2D eigenvalue weighted by Crippen LogP contribution is 2.18. The van der Waals surface area contributed by atoms with Crippen LogP contribution in [-0.4, -0.2) is 85.9 Å². The molecule has 0 saturated carbocycles. The van der Waals surface area contributed by atoms with Crippen LogP contribution in [-0.2, 0) is 19.1 Å². The third-order valence-electron chi connectivity index (χ3n) is 4.73. The van der Waals surface area contributed by atoms with E-state index in [1.165, 1.54) is 31.0 Å². The Hall–Kier alpha value is -2.73. The van der Waals surface area contributed by atoms with Crippen molar-refractivity contribution in [1.82, 2.24) is 10.2 Å². The Kier molecular flexibility index (Phi) is 11.2. The molecule has 1 atom stereocenters. The minimum atomic E-state index is -0.965. The van der Waals surface area contributed by atoms with Crippen molar-refractivity contribution in [2.75, 3.05) is 47.0 Å². The Morgan fingerprint density at radius 2 is 2.29 bits per heavy atom. The van der Waals surface area contributed by atoms with Crippen molar-refractivity contribution in [1.29, 1.82) is 0 Å². The number of amidine groups is 1. The molecule has 2 aliphatic rings. The first-order valence-electron chi connectivity index (χ1n) is 10.1. The first kappa shape index (κ1) is 27.5. The van der Waals surface area contributed by atoms with E-state index in [1.54, 1.807) is 29.5 Å². The van der Waals surface area contributed by atoms with E-state index in [-0.39, 0.29) is 25.5 Å². The fraction of sp³-hybridized carbons (Fsp3) is 0.364. The molecule has 1 saturated heterocycles. The van der Waals surface area contributed by atoms with E-state index in [0.29, 0.717) is 40.3 Å². The van der Waals surface area contributed by atoms with Crippen LogP contribution in [0.3, 0.4) is 0 Å². The molecule has 1 aromatic rings. The minimum Gasteiger partial charge on any atom is -0.480 e. The number of nitrogens with zero attached hydrogens (tertiary/aromatic N) is 3. The fourth-order valence-corrected chi connectivity index (χ4v) is 3.76. The van der Waals surface area contributed by atoms with Crippen LogP contribution in [0.15, 0.2) is 57.5 Å². The molecule has 0 spiro atoms. The van der Waals surface area contributed by atoms with E-state index in [0.717, 1.165) is 0 Å². The second-order valence-corrected chi connectivity index (χ2v) is 8.28. The fourth-order valence-electron chi connectivity index (χ4n) is 3.09. The molecule has 3 rings (SSSR count). The molecule has 12 heteroatoms. The maximum absolute atomic E-state index is 12.1. The van der Waals surface area contributed by atoms with Gasteiger partial charge in [0.2, 0.25) is 0 Å². The number of carbonyl (C=O) groups excluding carboxylic acids is 1. The van der Waals surface area contributed by atoms with Crippen LogP contribution in [0.25, 0.3) is 0 Å². The van der Waals surface area contributed by atoms with Gasteiger partial charge < -0.3 is 19.9 Å². The van der Waals surface area contributed by atoms with Crippen molar-refractivity contribution in [3.63, 3.8) is 0 Å².